The highest BCUT2D eigenvalue weighted by atomic mass is 16.5. The van der Waals surface area contributed by atoms with Gasteiger partial charge in [0.25, 0.3) is 5.91 Å². The Hall–Kier alpha value is -3.56. The van der Waals surface area contributed by atoms with E-state index in [1.807, 2.05) is 12.1 Å². The van der Waals surface area contributed by atoms with Crippen molar-refractivity contribution in [2.75, 3.05) is 19.6 Å². The summed E-state index contributed by atoms with van der Waals surface area (Å²) in [5.74, 6) is -0.349. The minimum atomic E-state index is -1.11. The Morgan fingerprint density at radius 2 is 2.05 bits per heavy atom. The molecule has 1 spiro atoms. The molecule has 4 atom stereocenters. The molecule has 8 rings (SSSR count). The highest BCUT2D eigenvalue weighted by Crippen LogP contribution is 2.69. The fourth-order valence-electron chi connectivity index (χ4n) is 8.09. The largest absolute Gasteiger partial charge is 0.504 e. The first-order chi connectivity index (χ1) is 18.3. The van der Waals surface area contributed by atoms with E-state index < -0.39 is 35.5 Å². The summed E-state index contributed by atoms with van der Waals surface area (Å²) in [5.41, 5.74) is 2.95. The van der Waals surface area contributed by atoms with E-state index in [0.29, 0.717) is 42.0 Å². The van der Waals surface area contributed by atoms with E-state index in [1.54, 1.807) is 18.2 Å². The van der Waals surface area contributed by atoms with Crippen LogP contribution >= 0.6 is 0 Å². The van der Waals surface area contributed by atoms with Crippen LogP contribution < -0.4 is 10.1 Å². The lowest BCUT2D eigenvalue weighted by atomic mass is 9.49. The summed E-state index contributed by atoms with van der Waals surface area (Å²) < 4.78 is 6.60. The number of phenolic OH excluding ortho intramolecular Hbond substituents is 1. The van der Waals surface area contributed by atoms with Crippen LogP contribution in [-0.4, -0.2) is 68.4 Å². The Balaban J connectivity index is 1.33. The highest BCUT2D eigenvalue weighted by Gasteiger charge is 2.72. The van der Waals surface area contributed by atoms with Gasteiger partial charge in [-0.15, -0.1) is 0 Å². The molecule has 196 valence electrons. The Morgan fingerprint density at radius 3 is 2.84 bits per heavy atom. The van der Waals surface area contributed by atoms with Gasteiger partial charge >= 0.3 is 5.97 Å². The minimum Gasteiger partial charge on any atom is -0.504 e. The van der Waals surface area contributed by atoms with Crippen LogP contribution in [0, 0.1) is 5.92 Å². The minimum absolute atomic E-state index is 0.0777. The number of piperidine rings is 1. The predicted octanol–water partition coefficient (Wildman–Crippen LogP) is 2.39. The molecule has 1 saturated carbocycles. The number of ether oxygens (including phenoxy) is 1. The number of aromatic nitrogens is 1. The SMILES string of the molecule is O=C(O)CNC(=O)c1cccc2c3c([nH]c12)[C@H]1Oc2c(O)ccc4c2[C@@]12CCN(CC1CC1)[C@H](C4)[C@]2(O)C3. The van der Waals surface area contributed by atoms with Gasteiger partial charge in [0.15, 0.2) is 17.6 Å². The molecule has 38 heavy (non-hydrogen) atoms. The van der Waals surface area contributed by atoms with Gasteiger partial charge in [-0.1, -0.05) is 18.2 Å². The van der Waals surface area contributed by atoms with Crippen LogP contribution in [-0.2, 0) is 23.1 Å². The number of phenols is 1. The summed E-state index contributed by atoms with van der Waals surface area (Å²) in [6, 6.07) is 9.00. The quantitative estimate of drug-likeness (QED) is 0.352. The number of nitrogens with zero attached hydrogens (tertiary/aromatic N) is 1. The normalized spacial score (nSPS) is 30.4. The van der Waals surface area contributed by atoms with Crippen LogP contribution in [0.3, 0.4) is 0 Å². The molecule has 1 aromatic heterocycles. The summed E-state index contributed by atoms with van der Waals surface area (Å²) in [7, 11) is 0. The lowest BCUT2D eigenvalue weighted by Crippen LogP contribution is -2.74. The lowest BCUT2D eigenvalue weighted by molar-refractivity contribution is -0.173. The van der Waals surface area contributed by atoms with Gasteiger partial charge in [-0.25, -0.2) is 0 Å². The van der Waals surface area contributed by atoms with Crippen molar-refractivity contribution in [3.8, 4) is 11.5 Å². The maximum absolute atomic E-state index is 12.9. The second-order valence-corrected chi connectivity index (χ2v) is 11.7. The maximum Gasteiger partial charge on any atom is 0.322 e. The summed E-state index contributed by atoms with van der Waals surface area (Å²) in [4.78, 5) is 29.9. The van der Waals surface area contributed by atoms with Crippen molar-refractivity contribution < 1.29 is 29.6 Å². The molecule has 0 radical (unpaired) electrons. The van der Waals surface area contributed by atoms with E-state index in [4.69, 9.17) is 9.84 Å². The number of aromatic amines is 1. The van der Waals surface area contributed by atoms with Gasteiger partial charge in [-0.3, -0.25) is 14.5 Å². The molecule has 1 saturated heterocycles. The molecule has 5 aliphatic rings. The molecule has 0 unspecified atom stereocenters. The number of carboxylic acids is 1. The van der Waals surface area contributed by atoms with Crippen LogP contribution in [0.1, 0.15) is 58.1 Å². The first-order valence-corrected chi connectivity index (χ1v) is 13.4. The molecule has 2 aliphatic heterocycles. The first-order valence-electron chi connectivity index (χ1n) is 13.4. The highest BCUT2D eigenvalue weighted by molar-refractivity contribution is 6.07. The lowest BCUT2D eigenvalue weighted by Gasteiger charge is -2.62. The number of carbonyl (C=O) groups excluding carboxylic acids is 1. The molecular formula is C29H29N3O6. The van der Waals surface area contributed by atoms with Crippen molar-refractivity contribution in [3.05, 3.63) is 58.3 Å². The fraction of sp³-hybridized carbons (Fsp3) is 0.448. The molecule has 5 N–H and O–H groups in total. The summed E-state index contributed by atoms with van der Waals surface area (Å²) in [5, 5.41) is 36.1. The van der Waals surface area contributed by atoms with Crippen molar-refractivity contribution in [2.45, 2.75) is 55.3 Å². The van der Waals surface area contributed by atoms with Gasteiger partial charge in [-0.05, 0) is 61.4 Å². The topological polar surface area (TPSA) is 135 Å². The number of aromatic hydroxyl groups is 1. The average molecular weight is 516 g/mol. The van der Waals surface area contributed by atoms with Crippen LogP contribution in [0.5, 0.6) is 11.5 Å². The molecular weight excluding hydrogens is 486 g/mol. The molecule has 9 nitrogen and oxygen atoms in total. The zero-order valence-electron chi connectivity index (χ0n) is 20.8. The third kappa shape index (κ3) is 2.68. The number of para-hydroxylation sites is 1. The molecule has 3 aromatic rings. The average Bonchev–Trinajstić information content (AvgIpc) is 3.53. The van der Waals surface area contributed by atoms with E-state index in [2.05, 4.69) is 15.2 Å². The first kappa shape index (κ1) is 22.4. The standard InChI is InChI=1S/C29H29N3O6/c33-19-7-6-15-10-20-29(37)11-18-16-2-1-3-17(27(36)30-12-21(34)35)23(16)31-24(18)26-28(29,22(15)25(19)38-26)8-9-32(20)13-14-4-5-14/h1-3,6-7,14,20,26,31,33,37H,4-5,8-13H2,(H,30,36)(H,34,35)/t20-,26-,28+,29-/m1/s1. The Bertz CT molecular complexity index is 1560. The smallest absolute Gasteiger partial charge is 0.322 e. The van der Waals surface area contributed by atoms with Crippen molar-refractivity contribution in [2.24, 2.45) is 5.92 Å². The van der Waals surface area contributed by atoms with Gasteiger partial charge in [0.2, 0.25) is 0 Å². The third-order valence-electron chi connectivity index (χ3n) is 9.84. The summed E-state index contributed by atoms with van der Waals surface area (Å²) in [6.45, 7) is 1.37. The molecule has 2 fully saturated rings. The number of likely N-dealkylation sites (tertiary alicyclic amines) is 1. The number of fused-ring (bicyclic) bond motifs is 4. The van der Waals surface area contributed by atoms with Crippen molar-refractivity contribution in [1.82, 2.24) is 15.2 Å². The number of H-pyrrole nitrogens is 1. The predicted molar refractivity (Wildman–Crippen MR) is 136 cm³/mol. The monoisotopic (exact) mass is 515 g/mol. The summed E-state index contributed by atoms with van der Waals surface area (Å²) >= 11 is 0. The third-order valence-corrected chi connectivity index (χ3v) is 9.84. The van der Waals surface area contributed by atoms with Gasteiger partial charge in [0, 0.05) is 30.0 Å². The second-order valence-electron chi connectivity index (χ2n) is 11.7. The Labute approximate surface area is 218 Å². The van der Waals surface area contributed by atoms with Crippen LogP contribution in [0.2, 0.25) is 0 Å². The van der Waals surface area contributed by atoms with E-state index in [9.17, 15) is 19.8 Å². The Morgan fingerprint density at radius 1 is 1.21 bits per heavy atom. The number of hydrogen-bond acceptors (Lipinski definition) is 6. The van der Waals surface area contributed by atoms with Crippen LogP contribution in [0.15, 0.2) is 30.3 Å². The van der Waals surface area contributed by atoms with E-state index in [1.165, 1.54) is 12.8 Å². The van der Waals surface area contributed by atoms with E-state index >= 15 is 0 Å². The summed E-state index contributed by atoms with van der Waals surface area (Å²) in [6.07, 6.45) is 3.76. The maximum atomic E-state index is 12.9. The molecule has 1 amide bonds. The van der Waals surface area contributed by atoms with Crippen molar-refractivity contribution >= 4 is 22.8 Å². The zero-order valence-corrected chi connectivity index (χ0v) is 20.8. The van der Waals surface area contributed by atoms with Crippen LogP contribution in [0.4, 0.5) is 0 Å². The number of hydrogen-bond donors (Lipinski definition) is 5. The second kappa shape index (κ2) is 7.30. The van der Waals surface area contributed by atoms with Crippen molar-refractivity contribution in [1.29, 1.82) is 0 Å². The molecule has 9 heteroatoms. The number of amides is 1. The number of aliphatic carboxylic acids is 1. The molecule has 2 aromatic carbocycles. The van der Waals surface area contributed by atoms with E-state index in [-0.39, 0.29) is 11.8 Å². The molecule has 2 bridgehead atoms. The van der Waals surface area contributed by atoms with Gasteiger partial charge < -0.3 is 30.4 Å². The Kier molecular flexibility index (Phi) is 4.31. The number of carboxylic acid groups (broad SMARTS) is 1. The zero-order chi connectivity index (χ0) is 26.0. The van der Waals surface area contributed by atoms with Crippen LogP contribution in [0.25, 0.3) is 10.9 Å². The van der Waals surface area contributed by atoms with E-state index in [0.717, 1.165) is 40.9 Å². The number of nitrogens with one attached hydrogen (secondary N) is 2. The number of rotatable bonds is 5. The molecule has 3 heterocycles. The van der Waals surface area contributed by atoms with Crippen molar-refractivity contribution in [3.63, 3.8) is 0 Å². The van der Waals surface area contributed by atoms with Gasteiger partial charge in [0.1, 0.15) is 6.54 Å². The van der Waals surface area contributed by atoms with Gasteiger partial charge in [0.05, 0.1) is 27.8 Å². The fourth-order valence-corrected chi connectivity index (χ4v) is 8.09. The van der Waals surface area contributed by atoms with Gasteiger partial charge in [-0.2, -0.15) is 0 Å². The number of benzene rings is 2. The number of carbonyl (C=O) groups is 2. The molecule has 3 aliphatic carbocycles. The number of aliphatic hydroxyl groups is 1.